The van der Waals surface area contributed by atoms with Crippen LogP contribution in [-0.4, -0.2) is 20.0 Å². The first kappa shape index (κ1) is 13.2. The van der Waals surface area contributed by atoms with Crippen LogP contribution in [0.2, 0.25) is 0 Å². The highest BCUT2D eigenvalue weighted by Gasteiger charge is 2.21. The first-order chi connectivity index (χ1) is 7.57. The highest BCUT2D eigenvalue weighted by Crippen LogP contribution is 2.22. The number of nitrogens with zero attached hydrogens (tertiary/aromatic N) is 3. The molecule has 1 rings (SSSR count). The maximum atomic E-state index is 10.8. The molecule has 0 spiro atoms. The van der Waals surface area contributed by atoms with Gasteiger partial charge in [0.05, 0.1) is 4.92 Å². The lowest BCUT2D eigenvalue weighted by Crippen LogP contribution is -2.03. The first-order valence-electron chi connectivity index (χ1n) is 5.32. The van der Waals surface area contributed by atoms with Gasteiger partial charge in [-0.05, 0) is 26.7 Å². The Morgan fingerprint density at radius 3 is 2.56 bits per heavy atom. The van der Waals surface area contributed by atoms with E-state index in [1.54, 1.807) is 18.5 Å². The smallest absolute Gasteiger partial charge is 0.262 e. The first-order valence-corrected chi connectivity index (χ1v) is 6.44. The summed E-state index contributed by atoms with van der Waals surface area (Å²) in [5.74, 6) is 0. The van der Waals surface area contributed by atoms with Crippen molar-refractivity contribution in [3.05, 3.63) is 21.5 Å². The highest BCUT2D eigenvalue weighted by molar-refractivity contribution is 9.09. The molecule has 0 aliphatic carbocycles. The lowest BCUT2D eigenvalue weighted by Gasteiger charge is -2.02. The predicted molar refractivity (Wildman–Crippen MR) is 66.0 cm³/mol. The average Bonchev–Trinajstić information content (AvgIpc) is 2.49. The number of aromatic nitrogens is 2. The summed E-state index contributed by atoms with van der Waals surface area (Å²) in [4.78, 5) is 10.4. The summed E-state index contributed by atoms with van der Waals surface area (Å²) in [6.07, 6.45) is 3.24. The quantitative estimate of drug-likeness (QED) is 0.350. The molecule has 0 amide bonds. The Kier molecular flexibility index (Phi) is 4.92. The highest BCUT2D eigenvalue weighted by atomic mass is 79.9. The van der Waals surface area contributed by atoms with Gasteiger partial charge in [-0.1, -0.05) is 22.4 Å². The molecular weight excluding hydrogens is 274 g/mol. The third-order valence-electron chi connectivity index (χ3n) is 2.53. The van der Waals surface area contributed by atoms with E-state index in [1.807, 2.05) is 0 Å². The van der Waals surface area contributed by atoms with Gasteiger partial charge in [-0.25, -0.2) is 0 Å². The fourth-order valence-electron chi connectivity index (χ4n) is 1.70. The van der Waals surface area contributed by atoms with Gasteiger partial charge in [0.1, 0.15) is 11.4 Å². The van der Waals surface area contributed by atoms with E-state index in [0.717, 1.165) is 31.1 Å². The molecule has 0 aliphatic heterocycles. The van der Waals surface area contributed by atoms with Crippen molar-refractivity contribution < 1.29 is 4.92 Å². The minimum Gasteiger partial charge on any atom is -0.262 e. The maximum absolute atomic E-state index is 10.8. The molecule has 6 heteroatoms. The number of halogens is 1. The number of hydrogen-bond donors (Lipinski definition) is 0. The molecule has 0 aliphatic rings. The van der Waals surface area contributed by atoms with Crippen molar-refractivity contribution in [2.24, 2.45) is 0 Å². The predicted octanol–water partition coefficient (Wildman–Crippen LogP) is 2.97. The minimum absolute atomic E-state index is 0.153. The van der Waals surface area contributed by atoms with Gasteiger partial charge in [-0.3, -0.25) is 14.8 Å². The number of rotatable bonds is 6. The number of hydrogen-bond acceptors (Lipinski definition) is 3. The van der Waals surface area contributed by atoms with Crippen LogP contribution in [0.3, 0.4) is 0 Å². The summed E-state index contributed by atoms with van der Waals surface area (Å²) in [6.45, 7) is 4.19. The fraction of sp³-hybridized carbons (Fsp3) is 0.700. The van der Waals surface area contributed by atoms with Crippen LogP contribution in [0.4, 0.5) is 5.69 Å². The van der Waals surface area contributed by atoms with E-state index in [9.17, 15) is 10.1 Å². The topological polar surface area (TPSA) is 61.0 Å². The third-order valence-corrected chi connectivity index (χ3v) is 3.09. The Hall–Kier alpha value is -0.910. The normalized spacial score (nSPS) is 10.7. The maximum Gasteiger partial charge on any atom is 0.312 e. The SMILES string of the molecule is Cc1nn(CCCCCBr)c(C)c1[N+](=O)[O-]. The van der Waals surface area contributed by atoms with Crippen LogP contribution in [0.15, 0.2) is 0 Å². The molecule has 1 aromatic heterocycles. The van der Waals surface area contributed by atoms with Crippen molar-refractivity contribution >= 4 is 21.6 Å². The molecule has 0 radical (unpaired) electrons. The molecule has 5 nitrogen and oxygen atoms in total. The van der Waals surface area contributed by atoms with E-state index in [2.05, 4.69) is 21.0 Å². The molecule has 90 valence electrons. The van der Waals surface area contributed by atoms with Crippen LogP contribution in [0.5, 0.6) is 0 Å². The van der Waals surface area contributed by atoms with Gasteiger partial charge in [-0.15, -0.1) is 0 Å². The van der Waals surface area contributed by atoms with Crippen LogP contribution < -0.4 is 0 Å². The molecule has 1 aromatic rings. The van der Waals surface area contributed by atoms with Crippen molar-refractivity contribution in [2.75, 3.05) is 5.33 Å². The second kappa shape index (κ2) is 5.98. The van der Waals surface area contributed by atoms with Crippen LogP contribution >= 0.6 is 15.9 Å². The van der Waals surface area contributed by atoms with Gasteiger partial charge < -0.3 is 0 Å². The summed E-state index contributed by atoms with van der Waals surface area (Å²) in [5, 5.41) is 16.0. The lowest BCUT2D eigenvalue weighted by atomic mass is 10.2. The van der Waals surface area contributed by atoms with E-state index in [-0.39, 0.29) is 10.6 Å². The molecule has 0 atom stereocenters. The van der Waals surface area contributed by atoms with Crippen molar-refractivity contribution in [3.63, 3.8) is 0 Å². The number of nitro groups is 1. The Labute approximate surface area is 103 Å². The zero-order valence-corrected chi connectivity index (χ0v) is 11.2. The van der Waals surface area contributed by atoms with Crippen LogP contribution in [0.25, 0.3) is 0 Å². The van der Waals surface area contributed by atoms with Gasteiger partial charge in [0.2, 0.25) is 0 Å². The van der Waals surface area contributed by atoms with Crippen LogP contribution in [-0.2, 0) is 6.54 Å². The van der Waals surface area contributed by atoms with Crippen LogP contribution in [0, 0.1) is 24.0 Å². The Bertz CT molecular complexity index is 376. The van der Waals surface area contributed by atoms with E-state index >= 15 is 0 Å². The molecule has 0 N–H and O–H groups in total. The van der Waals surface area contributed by atoms with E-state index in [1.165, 1.54) is 0 Å². The Morgan fingerprint density at radius 2 is 2.06 bits per heavy atom. The minimum atomic E-state index is -0.355. The zero-order valence-electron chi connectivity index (χ0n) is 9.57. The van der Waals surface area contributed by atoms with Gasteiger partial charge >= 0.3 is 5.69 Å². The van der Waals surface area contributed by atoms with E-state index in [0.29, 0.717) is 11.4 Å². The van der Waals surface area contributed by atoms with Gasteiger partial charge in [0.25, 0.3) is 0 Å². The lowest BCUT2D eigenvalue weighted by molar-refractivity contribution is -0.386. The number of unbranched alkanes of at least 4 members (excludes halogenated alkanes) is 2. The van der Waals surface area contributed by atoms with Gasteiger partial charge in [0, 0.05) is 11.9 Å². The summed E-state index contributed by atoms with van der Waals surface area (Å²) < 4.78 is 1.74. The molecule has 1 heterocycles. The number of alkyl halides is 1. The second-order valence-corrected chi connectivity index (χ2v) is 4.54. The fourth-order valence-corrected chi connectivity index (χ4v) is 2.10. The molecule has 0 fully saturated rings. The van der Waals surface area contributed by atoms with Gasteiger partial charge in [0.15, 0.2) is 0 Å². The molecular formula is C10H16BrN3O2. The van der Waals surface area contributed by atoms with Crippen LogP contribution in [0.1, 0.15) is 30.7 Å². The molecule has 0 bridgehead atoms. The summed E-state index contributed by atoms with van der Waals surface area (Å²) in [5.41, 5.74) is 1.31. The largest absolute Gasteiger partial charge is 0.312 e. The molecule has 16 heavy (non-hydrogen) atoms. The third kappa shape index (κ3) is 3.04. The molecule has 0 saturated heterocycles. The Balaban J connectivity index is 2.67. The number of aryl methyl sites for hydroxylation is 2. The summed E-state index contributed by atoms with van der Waals surface area (Å²) >= 11 is 3.37. The standard InChI is InChI=1S/C10H16BrN3O2/c1-8-10(14(15)16)9(2)13(12-8)7-5-3-4-6-11/h3-7H2,1-2H3. The monoisotopic (exact) mass is 289 g/mol. The summed E-state index contributed by atoms with van der Waals surface area (Å²) in [7, 11) is 0. The summed E-state index contributed by atoms with van der Waals surface area (Å²) in [6, 6.07) is 0. The van der Waals surface area contributed by atoms with E-state index in [4.69, 9.17) is 0 Å². The second-order valence-electron chi connectivity index (χ2n) is 3.75. The average molecular weight is 290 g/mol. The molecule has 0 unspecified atom stereocenters. The molecule has 0 saturated carbocycles. The van der Waals surface area contributed by atoms with Crippen molar-refractivity contribution in [2.45, 2.75) is 39.7 Å². The van der Waals surface area contributed by atoms with Crippen molar-refractivity contribution in [3.8, 4) is 0 Å². The van der Waals surface area contributed by atoms with Crippen molar-refractivity contribution in [1.29, 1.82) is 0 Å². The Morgan fingerprint density at radius 1 is 1.38 bits per heavy atom. The zero-order chi connectivity index (χ0) is 12.1. The molecule has 0 aromatic carbocycles. The van der Waals surface area contributed by atoms with Gasteiger partial charge in [-0.2, -0.15) is 5.10 Å². The van der Waals surface area contributed by atoms with E-state index < -0.39 is 0 Å². The van der Waals surface area contributed by atoms with Crippen molar-refractivity contribution in [1.82, 2.24) is 9.78 Å².